The van der Waals surface area contributed by atoms with Crippen molar-refractivity contribution in [1.29, 1.82) is 0 Å². The summed E-state index contributed by atoms with van der Waals surface area (Å²) in [6, 6.07) is 4.48. The first-order valence-electron chi connectivity index (χ1n) is 3.09. The number of rotatable bonds is 2. The maximum Gasteiger partial charge on any atom is 0.190 e. The van der Waals surface area contributed by atoms with Gasteiger partial charge in [0, 0.05) is 11.1 Å². The first kappa shape index (κ1) is 9.51. The van der Waals surface area contributed by atoms with Gasteiger partial charge in [0.25, 0.3) is 0 Å². The molecule has 1 aromatic rings. The fraction of sp³-hybridized carbons (Fsp3) is 0.143. The third-order valence-electron chi connectivity index (χ3n) is 1.31. The fourth-order valence-corrected chi connectivity index (χ4v) is 1.45. The predicted octanol–water partition coefficient (Wildman–Crippen LogP) is 1.93. The van der Waals surface area contributed by atoms with Crippen LogP contribution in [0, 0.1) is 0 Å². The highest BCUT2D eigenvalue weighted by atomic mass is 35.5. The van der Waals surface area contributed by atoms with Gasteiger partial charge in [-0.15, -0.1) is 0 Å². The van der Waals surface area contributed by atoms with Crippen molar-refractivity contribution in [3.05, 3.63) is 23.2 Å². The monoisotopic (exact) mass is 206 g/mol. The van der Waals surface area contributed by atoms with Crippen LogP contribution in [0.1, 0.15) is 0 Å². The molecule has 0 spiro atoms. The van der Waals surface area contributed by atoms with E-state index in [0.717, 1.165) is 0 Å². The summed E-state index contributed by atoms with van der Waals surface area (Å²) in [5.74, 6) is 0.323. The summed E-state index contributed by atoms with van der Waals surface area (Å²) in [6.07, 6.45) is 0. The van der Waals surface area contributed by atoms with Crippen LogP contribution in [0.5, 0.6) is 5.75 Å². The van der Waals surface area contributed by atoms with Crippen molar-refractivity contribution in [2.75, 3.05) is 7.11 Å². The number of benzene rings is 1. The van der Waals surface area contributed by atoms with Crippen molar-refractivity contribution in [2.24, 2.45) is 0 Å². The molecule has 1 unspecified atom stereocenters. The molecule has 0 aliphatic carbocycles. The highest BCUT2D eigenvalue weighted by molar-refractivity contribution is 7.79. The summed E-state index contributed by atoms with van der Waals surface area (Å²) >= 11 is 3.61. The van der Waals surface area contributed by atoms with E-state index in [-0.39, 0.29) is 4.90 Å². The van der Waals surface area contributed by atoms with Gasteiger partial charge >= 0.3 is 0 Å². The molecule has 0 saturated carbocycles. The first-order chi connectivity index (χ1) is 5.65. The number of ether oxygens (including phenoxy) is 1. The Morgan fingerprint density at radius 1 is 1.58 bits per heavy atom. The quantitative estimate of drug-likeness (QED) is 0.753. The van der Waals surface area contributed by atoms with Crippen LogP contribution < -0.4 is 4.74 Å². The van der Waals surface area contributed by atoms with E-state index in [2.05, 4.69) is 0 Å². The summed E-state index contributed by atoms with van der Waals surface area (Å²) in [6.45, 7) is 0. The molecule has 0 amide bonds. The molecule has 0 aliphatic heterocycles. The topological polar surface area (TPSA) is 46.5 Å². The minimum absolute atomic E-state index is 0.224. The second kappa shape index (κ2) is 3.89. The molecule has 0 heterocycles. The Balaban J connectivity index is 3.20. The smallest absolute Gasteiger partial charge is 0.190 e. The number of halogens is 1. The molecular weight excluding hydrogens is 200 g/mol. The minimum atomic E-state index is -2.03. The summed E-state index contributed by atoms with van der Waals surface area (Å²) in [5.41, 5.74) is 0. The largest absolute Gasteiger partial charge is 0.495 e. The Kier molecular flexibility index (Phi) is 3.08. The van der Waals surface area contributed by atoms with Crippen LogP contribution in [0.4, 0.5) is 0 Å². The van der Waals surface area contributed by atoms with Crippen LogP contribution in [-0.4, -0.2) is 15.9 Å². The van der Waals surface area contributed by atoms with Crippen LogP contribution in [0.3, 0.4) is 0 Å². The number of hydrogen-bond acceptors (Lipinski definition) is 2. The van der Waals surface area contributed by atoms with Gasteiger partial charge in [0.1, 0.15) is 10.6 Å². The minimum Gasteiger partial charge on any atom is -0.495 e. The van der Waals surface area contributed by atoms with E-state index < -0.39 is 11.1 Å². The van der Waals surface area contributed by atoms with Crippen LogP contribution in [0.15, 0.2) is 23.1 Å². The highest BCUT2D eigenvalue weighted by Crippen LogP contribution is 2.24. The lowest BCUT2D eigenvalue weighted by molar-refractivity contribution is 0.402. The van der Waals surface area contributed by atoms with E-state index in [1.165, 1.54) is 25.3 Å². The zero-order chi connectivity index (χ0) is 9.14. The lowest BCUT2D eigenvalue weighted by Crippen LogP contribution is -1.93. The van der Waals surface area contributed by atoms with Crippen molar-refractivity contribution in [3.63, 3.8) is 0 Å². The molecule has 0 radical (unpaired) electrons. The Morgan fingerprint density at radius 3 is 2.75 bits per heavy atom. The van der Waals surface area contributed by atoms with Gasteiger partial charge in [0.15, 0.2) is 11.1 Å². The Hall–Kier alpha value is -0.580. The second-order valence-corrected chi connectivity index (χ2v) is 3.42. The number of methoxy groups -OCH3 is 1. The van der Waals surface area contributed by atoms with E-state index >= 15 is 0 Å². The summed E-state index contributed by atoms with van der Waals surface area (Å²) in [4.78, 5) is 0.224. The number of hydrogen-bond donors (Lipinski definition) is 1. The van der Waals surface area contributed by atoms with Crippen molar-refractivity contribution < 1.29 is 13.5 Å². The first-order valence-corrected chi connectivity index (χ1v) is 4.58. The Labute approximate surface area is 77.6 Å². The molecule has 0 bridgehead atoms. The zero-order valence-corrected chi connectivity index (χ0v) is 7.85. The molecule has 1 atom stereocenters. The molecular formula is C7H7ClO3S. The second-order valence-electron chi connectivity index (χ2n) is 2.04. The molecule has 1 rings (SSSR count). The van der Waals surface area contributed by atoms with Gasteiger partial charge in [-0.3, -0.25) is 0 Å². The molecule has 3 nitrogen and oxygen atoms in total. The van der Waals surface area contributed by atoms with Gasteiger partial charge in [0.05, 0.1) is 7.11 Å². The standard InChI is InChI=1S/C7H7ClO3S/c1-11-6-4-5(8)2-3-7(6)12(9)10/h2-4H,1H3,(H,9,10). The summed E-state index contributed by atoms with van der Waals surface area (Å²) in [7, 11) is 1.42. The van der Waals surface area contributed by atoms with Crippen molar-refractivity contribution in [1.82, 2.24) is 0 Å². The van der Waals surface area contributed by atoms with Gasteiger partial charge in [0.2, 0.25) is 0 Å². The van der Waals surface area contributed by atoms with E-state index in [4.69, 9.17) is 20.9 Å². The third kappa shape index (κ3) is 1.97. The summed E-state index contributed by atoms with van der Waals surface area (Å²) in [5, 5.41) is 0.473. The van der Waals surface area contributed by atoms with Crippen LogP contribution in [0.25, 0.3) is 0 Å². The molecule has 0 aliphatic rings. The lowest BCUT2D eigenvalue weighted by Gasteiger charge is -2.04. The Morgan fingerprint density at radius 2 is 2.25 bits per heavy atom. The van der Waals surface area contributed by atoms with Gasteiger partial charge in [-0.1, -0.05) is 11.6 Å². The van der Waals surface area contributed by atoms with E-state index in [9.17, 15) is 4.21 Å². The average molecular weight is 207 g/mol. The molecule has 66 valence electrons. The Bertz CT molecular complexity index is 314. The van der Waals surface area contributed by atoms with Crippen LogP contribution >= 0.6 is 11.6 Å². The van der Waals surface area contributed by atoms with E-state index in [1.807, 2.05) is 0 Å². The van der Waals surface area contributed by atoms with Gasteiger partial charge in [-0.2, -0.15) is 0 Å². The molecule has 5 heteroatoms. The normalized spacial score (nSPS) is 12.6. The zero-order valence-electron chi connectivity index (χ0n) is 6.28. The van der Waals surface area contributed by atoms with Crippen molar-refractivity contribution in [3.8, 4) is 5.75 Å². The highest BCUT2D eigenvalue weighted by Gasteiger charge is 2.07. The lowest BCUT2D eigenvalue weighted by atomic mass is 10.3. The molecule has 1 N–H and O–H groups in total. The molecule has 0 fully saturated rings. The molecule has 0 saturated heterocycles. The van der Waals surface area contributed by atoms with Crippen LogP contribution in [0.2, 0.25) is 5.02 Å². The van der Waals surface area contributed by atoms with E-state index in [0.29, 0.717) is 10.8 Å². The molecule has 12 heavy (non-hydrogen) atoms. The van der Waals surface area contributed by atoms with Crippen LogP contribution in [-0.2, 0) is 11.1 Å². The van der Waals surface area contributed by atoms with Gasteiger partial charge < -0.3 is 9.29 Å². The molecule has 1 aromatic carbocycles. The van der Waals surface area contributed by atoms with Gasteiger partial charge in [-0.05, 0) is 12.1 Å². The van der Waals surface area contributed by atoms with Crippen molar-refractivity contribution >= 4 is 22.7 Å². The van der Waals surface area contributed by atoms with Gasteiger partial charge in [-0.25, -0.2) is 4.21 Å². The van der Waals surface area contributed by atoms with Crippen molar-refractivity contribution in [2.45, 2.75) is 4.90 Å². The van der Waals surface area contributed by atoms with E-state index in [1.54, 1.807) is 0 Å². The fourth-order valence-electron chi connectivity index (χ4n) is 0.786. The average Bonchev–Trinajstić information content (AvgIpc) is 2.03. The maximum atomic E-state index is 10.7. The molecule has 0 aromatic heterocycles. The summed E-state index contributed by atoms with van der Waals surface area (Å²) < 4.78 is 24.3. The SMILES string of the molecule is COc1cc(Cl)ccc1S(=O)O. The predicted molar refractivity (Wildman–Crippen MR) is 47.0 cm³/mol. The third-order valence-corrected chi connectivity index (χ3v) is 2.26. The maximum absolute atomic E-state index is 10.7.